The number of hydrogen-bond acceptors (Lipinski definition) is 6. The van der Waals surface area contributed by atoms with E-state index < -0.39 is 15.9 Å². The number of furan rings is 1. The second kappa shape index (κ2) is 7.41. The molecule has 29 heavy (non-hydrogen) atoms. The number of carbonyl (C=O) groups excluding carboxylic acids is 1. The number of rotatable bonds is 5. The normalized spacial score (nSPS) is 15.6. The zero-order chi connectivity index (χ0) is 20.6. The highest BCUT2D eigenvalue weighted by molar-refractivity contribution is 7.89. The number of anilines is 1. The Morgan fingerprint density at radius 3 is 2.52 bits per heavy atom. The summed E-state index contributed by atoms with van der Waals surface area (Å²) in [5, 5.41) is 0.780. The number of ether oxygens (including phenoxy) is 1. The van der Waals surface area contributed by atoms with Crippen molar-refractivity contribution in [3.63, 3.8) is 0 Å². The lowest BCUT2D eigenvalue weighted by Crippen LogP contribution is -2.48. The van der Waals surface area contributed by atoms with Crippen LogP contribution in [0.4, 0.5) is 5.69 Å². The van der Waals surface area contributed by atoms with E-state index in [1.807, 2.05) is 12.1 Å². The third-order valence-electron chi connectivity index (χ3n) is 5.03. The van der Waals surface area contributed by atoms with Gasteiger partial charge in [0.25, 0.3) is 5.91 Å². The third-order valence-corrected chi connectivity index (χ3v) is 6.92. The summed E-state index contributed by atoms with van der Waals surface area (Å²) in [5.41, 5.74) is 6.79. The van der Waals surface area contributed by atoms with E-state index in [4.69, 9.17) is 14.9 Å². The summed E-state index contributed by atoms with van der Waals surface area (Å²) in [6.07, 6.45) is 0. The minimum Gasteiger partial charge on any atom is -0.497 e. The largest absolute Gasteiger partial charge is 0.497 e. The minimum atomic E-state index is -3.58. The molecule has 0 saturated carbocycles. The quantitative estimate of drug-likeness (QED) is 0.684. The van der Waals surface area contributed by atoms with Crippen LogP contribution in [0.5, 0.6) is 5.75 Å². The van der Waals surface area contributed by atoms with Gasteiger partial charge in [-0.1, -0.05) is 6.07 Å². The molecule has 2 heterocycles. The second-order valence-corrected chi connectivity index (χ2v) is 8.71. The maximum absolute atomic E-state index is 12.9. The van der Waals surface area contributed by atoms with Crippen LogP contribution in [0.15, 0.2) is 57.8 Å². The van der Waals surface area contributed by atoms with Crippen LogP contribution in [0.2, 0.25) is 0 Å². The second-order valence-electron chi connectivity index (χ2n) is 6.77. The fraction of sp³-hybridized carbons (Fsp3) is 0.250. The standard InChI is InChI=1S/C20H21N3O5S/c1-27-16-3-2-4-17(13-16)29(25,26)23-9-7-22(8-10-23)15-5-6-18-14(11-15)12-19(28-18)20(21)24/h2-6,11-13H,7-10H2,1H3,(H2,21,24). The topological polar surface area (TPSA) is 106 Å². The molecule has 0 radical (unpaired) electrons. The molecule has 8 nitrogen and oxygen atoms in total. The molecule has 1 aliphatic rings. The van der Waals surface area contributed by atoms with E-state index in [1.165, 1.54) is 17.5 Å². The first-order valence-electron chi connectivity index (χ1n) is 9.11. The summed E-state index contributed by atoms with van der Waals surface area (Å²) in [7, 11) is -2.07. The van der Waals surface area contributed by atoms with E-state index in [0.29, 0.717) is 37.5 Å². The molecule has 0 unspecified atom stereocenters. The molecule has 0 atom stereocenters. The lowest BCUT2D eigenvalue weighted by atomic mass is 10.2. The van der Waals surface area contributed by atoms with E-state index in [1.54, 1.807) is 30.3 Å². The summed E-state index contributed by atoms with van der Waals surface area (Å²) in [5.74, 6) is 0.0129. The number of carbonyl (C=O) groups is 1. The van der Waals surface area contributed by atoms with Crippen LogP contribution in [-0.4, -0.2) is 51.9 Å². The molecule has 0 bridgehead atoms. The molecule has 2 N–H and O–H groups in total. The number of piperazine rings is 1. The number of methoxy groups -OCH3 is 1. The smallest absolute Gasteiger partial charge is 0.284 e. The summed E-state index contributed by atoms with van der Waals surface area (Å²) in [4.78, 5) is 13.6. The van der Waals surface area contributed by atoms with Gasteiger partial charge < -0.3 is 19.8 Å². The molecule has 2 aromatic carbocycles. The van der Waals surface area contributed by atoms with Crippen LogP contribution in [0.3, 0.4) is 0 Å². The number of nitrogens with zero attached hydrogens (tertiary/aromatic N) is 2. The Morgan fingerprint density at radius 2 is 1.83 bits per heavy atom. The number of primary amides is 1. The van der Waals surface area contributed by atoms with Crippen LogP contribution in [0, 0.1) is 0 Å². The van der Waals surface area contributed by atoms with Crippen molar-refractivity contribution in [1.29, 1.82) is 0 Å². The third kappa shape index (κ3) is 3.66. The van der Waals surface area contributed by atoms with Gasteiger partial charge in [-0.05, 0) is 36.4 Å². The molecule has 1 saturated heterocycles. The van der Waals surface area contributed by atoms with E-state index in [2.05, 4.69) is 4.90 Å². The van der Waals surface area contributed by atoms with Crippen LogP contribution < -0.4 is 15.4 Å². The first-order valence-corrected chi connectivity index (χ1v) is 10.5. The molecule has 1 aromatic heterocycles. The molecule has 9 heteroatoms. The van der Waals surface area contributed by atoms with Gasteiger partial charge in [-0.2, -0.15) is 4.31 Å². The summed E-state index contributed by atoms with van der Waals surface area (Å²) in [6, 6.07) is 13.7. The van der Waals surface area contributed by atoms with E-state index in [0.717, 1.165) is 11.1 Å². The molecule has 4 rings (SSSR count). The van der Waals surface area contributed by atoms with Crippen molar-refractivity contribution < 1.29 is 22.4 Å². The van der Waals surface area contributed by atoms with E-state index in [-0.39, 0.29) is 10.7 Å². The molecule has 152 valence electrons. The Kier molecular flexibility index (Phi) is 4.93. The van der Waals surface area contributed by atoms with Crippen molar-refractivity contribution in [1.82, 2.24) is 4.31 Å². The minimum absolute atomic E-state index is 0.117. The van der Waals surface area contributed by atoms with Crippen LogP contribution in [0.1, 0.15) is 10.6 Å². The van der Waals surface area contributed by atoms with Gasteiger partial charge in [0.1, 0.15) is 11.3 Å². The Balaban J connectivity index is 1.50. The molecular weight excluding hydrogens is 394 g/mol. The van der Waals surface area contributed by atoms with Crippen molar-refractivity contribution in [3.8, 4) is 5.75 Å². The molecule has 1 fully saturated rings. The Hall–Kier alpha value is -3.04. The molecule has 1 amide bonds. The number of fused-ring (bicyclic) bond motifs is 1. The maximum atomic E-state index is 12.9. The summed E-state index contributed by atoms with van der Waals surface area (Å²) < 4.78 is 37.9. The van der Waals surface area contributed by atoms with E-state index in [9.17, 15) is 13.2 Å². The highest BCUT2D eigenvalue weighted by Gasteiger charge is 2.29. The van der Waals surface area contributed by atoms with Crippen molar-refractivity contribution in [2.45, 2.75) is 4.90 Å². The van der Waals surface area contributed by atoms with Crippen LogP contribution in [-0.2, 0) is 10.0 Å². The van der Waals surface area contributed by atoms with Crippen LogP contribution in [0.25, 0.3) is 11.0 Å². The Morgan fingerprint density at radius 1 is 1.07 bits per heavy atom. The molecule has 1 aliphatic heterocycles. The summed E-state index contributed by atoms with van der Waals surface area (Å²) in [6.45, 7) is 1.84. The highest BCUT2D eigenvalue weighted by atomic mass is 32.2. The van der Waals surface area contributed by atoms with Gasteiger partial charge in [-0.3, -0.25) is 4.79 Å². The SMILES string of the molecule is COc1cccc(S(=O)(=O)N2CCN(c3ccc4oc(C(N)=O)cc4c3)CC2)c1. The number of sulfonamides is 1. The van der Waals surface area contributed by atoms with Crippen molar-refractivity contribution >= 4 is 32.6 Å². The average Bonchev–Trinajstić information content (AvgIpc) is 3.18. The predicted molar refractivity (Wildman–Crippen MR) is 109 cm³/mol. The van der Waals surface area contributed by atoms with Gasteiger partial charge in [0.05, 0.1) is 12.0 Å². The zero-order valence-corrected chi connectivity index (χ0v) is 16.7. The number of benzene rings is 2. The first-order chi connectivity index (χ1) is 13.9. The van der Waals surface area contributed by atoms with Crippen LogP contribution >= 0.6 is 0 Å². The van der Waals surface area contributed by atoms with Gasteiger partial charge in [-0.25, -0.2) is 8.42 Å². The van der Waals surface area contributed by atoms with Crippen molar-refractivity contribution in [2.24, 2.45) is 5.73 Å². The Bertz CT molecular complexity index is 1160. The predicted octanol–water partition coefficient (Wildman–Crippen LogP) is 2.05. The lowest BCUT2D eigenvalue weighted by molar-refractivity contribution is 0.0976. The highest BCUT2D eigenvalue weighted by Crippen LogP contribution is 2.27. The molecule has 0 spiro atoms. The molecule has 0 aliphatic carbocycles. The van der Waals surface area contributed by atoms with Crippen molar-refractivity contribution in [3.05, 3.63) is 54.3 Å². The monoisotopic (exact) mass is 415 g/mol. The fourth-order valence-electron chi connectivity index (χ4n) is 3.45. The van der Waals surface area contributed by atoms with Gasteiger partial charge in [0.2, 0.25) is 10.0 Å². The van der Waals surface area contributed by atoms with E-state index >= 15 is 0 Å². The zero-order valence-electron chi connectivity index (χ0n) is 15.9. The fourth-order valence-corrected chi connectivity index (χ4v) is 4.90. The summed E-state index contributed by atoms with van der Waals surface area (Å²) >= 11 is 0. The van der Waals surface area contributed by atoms with Crippen molar-refractivity contribution in [2.75, 3.05) is 38.2 Å². The lowest BCUT2D eigenvalue weighted by Gasteiger charge is -2.35. The van der Waals surface area contributed by atoms with Gasteiger partial charge in [0.15, 0.2) is 5.76 Å². The van der Waals surface area contributed by atoms with Gasteiger partial charge in [-0.15, -0.1) is 0 Å². The molecule has 3 aromatic rings. The first kappa shape index (κ1) is 19.3. The number of hydrogen-bond donors (Lipinski definition) is 1. The molecular formula is C20H21N3O5S. The average molecular weight is 415 g/mol. The van der Waals surface area contributed by atoms with Gasteiger partial charge in [0, 0.05) is 43.3 Å². The maximum Gasteiger partial charge on any atom is 0.284 e. The Labute approximate surface area is 168 Å². The van der Waals surface area contributed by atoms with Gasteiger partial charge >= 0.3 is 0 Å². The number of nitrogens with two attached hydrogens (primary N) is 1. The number of amides is 1.